The van der Waals surface area contributed by atoms with Crippen LogP contribution in [0.25, 0.3) is 0 Å². The highest BCUT2D eigenvalue weighted by Crippen LogP contribution is 2.41. The molecule has 1 saturated heterocycles. The van der Waals surface area contributed by atoms with Gasteiger partial charge < -0.3 is 20.3 Å². The van der Waals surface area contributed by atoms with Crippen LogP contribution in [0, 0.1) is 0 Å². The molecule has 3 rings (SSSR count). The lowest BCUT2D eigenvalue weighted by atomic mass is 10.1. The molecule has 0 radical (unpaired) electrons. The molecule has 2 unspecified atom stereocenters. The highest BCUT2D eigenvalue weighted by molar-refractivity contribution is 14.0. The molecule has 7 nitrogen and oxygen atoms in total. The quantitative estimate of drug-likeness (QED) is 0.225. The van der Waals surface area contributed by atoms with Crippen molar-refractivity contribution in [2.75, 3.05) is 59.5 Å². The molecule has 0 spiro atoms. The second-order valence-electron chi connectivity index (χ2n) is 7.55. The number of hydrogen-bond acceptors (Lipinski definition) is 4. The molecule has 1 aliphatic carbocycles. The molecule has 1 heterocycles. The molecular weight excluding hydrogens is 517 g/mol. The molecule has 30 heavy (non-hydrogen) atoms. The third-order valence-corrected chi connectivity index (χ3v) is 5.59. The van der Waals surface area contributed by atoms with Gasteiger partial charge in [-0.05, 0) is 31.0 Å². The SMILES string of the molecule is CCN=C(NC1CC1c1cccc(Cl)c1)N1CCN(CC(=O)NCCOC)CC1.I. The summed E-state index contributed by atoms with van der Waals surface area (Å²) in [7, 11) is 1.63. The van der Waals surface area contributed by atoms with Crippen LogP contribution < -0.4 is 10.6 Å². The first kappa shape index (κ1) is 25.2. The summed E-state index contributed by atoms with van der Waals surface area (Å²) in [4.78, 5) is 21.2. The van der Waals surface area contributed by atoms with Crippen molar-refractivity contribution in [2.45, 2.75) is 25.3 Å². The summed E-state index contributed by atoms with van der Waals surface area (Å²) in [5, 5.41) is 7.31. The number of piperazine rings is 1. The lowest BCUT2D eigenvalue weighted by Crippen LogP contribution is -2.54. The van der Waals surface area contributed by atoms with Crippen molar-refractivity contribution < 1.29 is 9.53 Å². The van der Waals surface area contributed by atoms with Gasteiger partial charge in [-0.15, -0.1) is 24.0 Å². The van der Waals surface area contributed by atoms with Crippen molar-refractivity contribution in [3.05, 3.63) is 34.9 Å². The number of nitrogens with zero attached hydrogens (tertiary/aromatic N) is 3. The van der Waals surface area contributed by atoms with Crippen LogP contribution in [0.15, 0.2) is 29.3 Å². The van der Waals surface area contributed by atoms with Crippen LogP contribution in [0.4, 0.5) is 0 Å². The fourth-order valence-electron chi connectivity index (χ4n) is 3.68. The smallest absolute Gasteiger partial charge is 0.234 e. The normalized spacial score (nSPS) is 21.7. The molecule has 2 fully saturated rings. The minimum absolute atomic E-state index is 0. The number of nitrogens with one attached hydrogen (secondary N) is 2. The Morgan fingerprint density at radius 2 is 2.07 bits per heavy atom. The maximum absolute atomic E-state index is 12.0. The molecule has 1 aliphatic heterocycles. The monoisotopic (exact) mass is 549 g/mol. The van der Waals surface area contributed by atoms with Gasteiger partial charge in [-0.3, -0.25) is 14.7 Å². The number of halogens is 2. The maximum Gasteiger partial charge on any atom is 0.234 e. The maximum atomic E-state index is 12.0. The zero-order chi connectivity index (χ0) is 20.6. The van der Waals surface area contributed by atoms with Gasteiger partial charge in [0.1, 0.15) is 0 Å². The summed E-state index contributed by atoms with van der Waals surface area (Å²) < 4.78 is 4.96. The summed E-state index contributed by atoms with van der Waals surface area (Å²) in [6, 6.07) is 8.53. The van der Waals surface area contributed by atoms with E-state index in [0.29, 0.717) is 31.7 Å². The van der Waals surface area contributed by atoms with Crippen LogP contribution in [-0.2, 0) is 9.53 Å². The molecule has 1 amide bonds. The summed E-state index contributed by atoms with van der Waals surface area (Å²) in [6.07, 6.45) is 1.10. The molecule has 2 N–H and O–H groups in total. The van der Waals surface area contributed by atoms with E-state index in [-0.39, 0.29) is 29.9 Å². The Labute approximate surface area is 201 Å². The number of hydrogen-bond donors (Lipinski definition) is 2. The number of methoxy groups -OCH3 is 1. The first-order valence-electron chi connectivity index (χ1n) is 10.4. The topological polar surface area (TPSA) is 69.2 Å². The summed E-state index contributed by atoms with van der Waals surface area (Å²) >= 11 is 6.13. The van der Waals surface area contributed by atoms with Gasteiger partial charge in [-0.25, -0.2) is 0 Å². The minimum atomic E-state index is 0. The van der Waals surface area contributed by atoms with Crippen LogP contribution in [0.5, 0.6) is 0 Å². The molecule has 2 atom stereocenters. The van der Waals surface area contributed by atoms with Gasteiger partial charge in [0.2, 0.25) is 5.91 Å². The Morgan fingerprint density at radius 3 is 2.73 bits per heavy atom. The zero-order valence-corrected chi connectivity index (χ0v) is 20.9. The van der Waals surface area contributed by atoms with E-state index < -0.39 is 0 Å². The third kappa shape index (κ3) is 7.55. The van der Waals surface area contributed by atoms with Gasteiger partial charge in [0.25, 0.3) is 0 Å². The Hall–Kier alpha value is -1.10. The molecule has 9 heteroatoms. The van der Waals surface area contributed by atoms with Crippen LogP contribution in [0.3, 0.4) is 0 Å². The largest absolute Gasteiger partial charge is 0.383 e. The van der Waals surface area contributed by atoms with Gasteiger partial charge in [0.05, 0.1) is 13.2 Å². The number of benzene rings is 1. The highest BCUT2D eigenvalue weighted by atomic mass is 127. The number of aliphatic imine (C=N–C) groups is 1. The third-order valence-electron chi connectivity index (χ3n) is 5.36. The van der Waals surface area contributed by atoms with E-state index >= 15 is 0 Å². The van der Waals surface area contributed by atoms with E-state index in [1.165, 1.54) is 5.56 Å². The molecule has 1 saturated carbocycles. The van der Waals surface area contributed by atoms with Crippen molar-refractivity contribution in [1.29, 1.82) is 0 Å². The first-order chi connectivity index (χ1) is 14.1. The predicted octanol–water partition coefficient (Wildman–Crippen LogP) is 2.16. The van der Waals surface area contributed by atoms with Gasteiger partial charge in [0, 0.05) is 63.4 Å². The van der Waals surface area contributed by atoms with Gasteiger partial charge in [-0.1, -0.05) is 23.7 Å². The molecule has 0 bridgehead atoms. The second-order valence-corrected chi connectivity index (χ2v) is 7.99. The van der Waals surface area contributed by atoms with Crippen LogP contribution in [0.1, 0.15) is 24.8 Å². The number of guanidine groups is 1. The van der Waals surface area contributed by atoms with E-state index in [1.807, 2.05) is 12.1 Å². The van der Waals surface area contributed by atoms with Crippen molar-refractivity contribution in [2.24, 2.45) is 4.99 Å². The van der Waals surface area contributed by atoms with Crippen molar-refractivity contribution in [3.8, 4) is 0 Å². The molecular formula is C21H33ClIN5O2. The molecule has 1 aromatic carbocycles. The van der Waals surface area contributed by atoms with Crippen molar-refractivity contribution >= 4 is 47.4 Å². The first-order valence-corrected chi connectivity index (χ1v) is 10.8. The van der Waals surface area contributed by atoms with Gasteiger partial charge in [0.15, 0.2) is 5.96 Å². The highest BCUT2D eigenvalue weighted by Gasteiger charge is 2.40. The minimum Gasteiger partial charge on any atom is -0.383 e. The molecule has 1 aromatic rings. The Balaban J connectivity index is 0.00000320. The van der Waals surface area contributed by atoms with Gasteiger partial charge >= 0.3 is 0 Å². The van der Waals surface area contributed by atoms with Crippen LogP contribution in [0.2, 0.25) is 5.02 Å². The zero-order valence-electron chi connectivity index (χ0n) is 17.8. The summed E-state index contributed by atoms with van der Waals surface area (Å²) in [6.45, 7) is 7.78. The predicted molar refractivity (Wildman–Crippen MR) is 132 cm³/mol. The Bertz CT molecular complexity index is 712. The fourth-order valence-corrected chi connectivity index (χ4v) is 3.88. The average Bonchev–Trinajstić information content (AvgIpc) is 3.48. The lowest BCUT2D eigenvalue weighted by Gasteiger charge is -2.36. The van der Waals surface area contributed by atoms with Gasteiger partial charge in [-0.2, -0.15) is 0 Å². The van der Waals surface area contributed by atoms with E-state index in [9.17, 15) is 4.79 Å². The molecule has 168 valence electrons. The van der Waals surface area contributed by atoms with Crippen LogP contribution in [-0.4, -0.2) is 87.2 Å². The molecule has 2 aliphatic rings. The Kier molecular flexibility index (Phi) is 10.6. The second kappa shape index (κ2) is 12.7. The van der Waals surface area contributed by atoms with E-state index in [1.54, 1.807) is 7.11 Å². The Morgan fingerprint density at radius 1 is 1.30 bits per heavy atom. The average molecular weight is 550 g/mol. The van der Waals surface area contributed by atoms with E-state index in [2.05, 4.69) is 39.5 Å². The number of carbonyl (C=O) groups is 1. The van der Waals surface area contributed by atoms with E-state index in [4.69, 9.17) is 21.3 Å². The number of carbonyl (C=O) groups excluding carboxylic acids is 1. The summed E-state index contributed by atoms with van der Waals surface area (Å²) in [5.41, 5.74) is 1.29. The van der Waals surface area contributed by atoms with Crippen molar-refractivity contribution in [1.82, 2.24) is 20.4 Å². The summed E-state index contributed by atoms with van der Waals surface area (Å²) in [5.74, 6) is 1.53. The van der Waals surface area contributed by atoms with Crippen LogP contribution >= 0.6 is 35.6 Å². The molecule has 0 aromatic heterocycles. The standard InChI is InChI=1S/C21H32ClN5O2.HI/c1-3-23-21(25-19-14-18(19)16-5-4-6-17(22)13-16)27-10-8-26(9-11-27)15-20(28)24-7-12-29-2;/h4-6,13,18-19H,3,7-12,14-15H2,1-2H3,(H,23,25)(H,24,28);1H. The lowest BCUT2D eigenvalue weighted by molar-refractivity contribution is -0.122. The number of ether oxygens (including phenoxy) is 1. The number of rotatable bonds is 8. The van der Waals surface area contributed by atoms with Crippen molar-refractivity contribution in [3.63, 3.8) is 0 Å². The fraction of sp³-hybridized carbons (Fsp3) is 0.619. The number of amides is 1. The van der Waals surface area contributed by atoms with E-state index in [0.717, 1.165) is 50.1 Å².